The van der Waals surface area contributed by atoms with Crippen molar-refractivity contribution in [1.29, 1.82) is 0 Å². The zero-order chi connectivity index (χ0) is 21.8. The number of benzene rings is 2. The van der Waals surface area contributed by atoms with Crippen LogP contribution >= 0.6 is 0 Å². The molecule has 0 radical (unpaired) electrons. The Bertz CT molecular complexity index is 1140. The molecule has 0 amide bonds. The summed E-state index contributed by atoms with van der Waals surface area (Å²) in [5.74, 6) is 0.739. The maximum absolute atomic E-state index is 13.0. The van der Waals surface area contributed by atoms with E-state index in [0.717, 1.165) is 18.5 Å². The minimum atomic E-state index is -0.444. The zero-order valence-electron chi connectivity index (χ0n) is 17.4. The maximum atomic E-state index is 13.0. The molecule has 8 heteroatoms. The second kappa shape index (κ2) is 9.20. The lowest BCUT2D eigenvalue weighted by Crippen LogP contribution is -2.33. The second-order valence-electron chi connectivity index (χ2n) is 7.14. The van der Waals surface area contributed by atoms with Crippen molar-refractivity contribution in [2.24, 2.45) is 0 Å². The van der Waals surface area contributed by atoms with Crippen LogP contribution in [-0.2, 0) is 16.0 Å². The van der Waals surface area contributed by atoms with Crippen LogP contribution in [0.3, 0.4) is 0 Å². The number of rotatable bonds is 7. The Morgan fingerprint density at radius 2 is 1.94 bits per heavy atom. The number of hydrogen-bond donors (Lipinski definition) is 0. The number of ether oxygens (including phenoxy) is 4. The first-order chi connectivity index (χ1) is 15.1. The van der Waals surface area contributed by atoms with E-state index < -0.39 is 5.97 Å². The number of methoxy groups -OCH3 is 2. The van der Waals surface area contributed by atoms with Gasteiger partial charge in [-0.2, -0.15) is 0 Å². The molecule has 0 bridgehead atoms. The molecule has 0 atom stereocenters. The third kappa shape index (κ3) is 4.40. The Labute approximate surface area is 178 Å². The van der Waals surface area contributed by atoms with Crippen molar-refractivity contribution < 1.29 is 28.2 Å². The van der Waals surface area contributed by atoms with E-state index in [2.05, 4.69) is 9.64 Å². The molecular weight excluding hydrogens is 402 g/mol. The Morgan fingerprint density at radius 3 is 2.68 bits per heavy atom. The van der Waals surface area contributed by atoms with E-state index in [1.54, 1.807) is 43.5 Å². The lowest BCUT2D eigenvalue weighted by Gasteiger charge is -2.29. The quantitative estimate of drug-likeness (QED) is 0.420. The molecule has 8 nitrogen and oxygen atoms in total. The highest BCUT2D eigenvalue weighted by molar-refractivity contribution is 5.89. The van der Waals surface area contributed by atoms with Gasteiger partial charge in [0.05, 0.1) is 23.6 Å². The molecule has 2 heterocycles. The van der Waals surface area contributed by atoms with E-state index in [-0.39, 0.29) is 11.2 Å². The van der Waals surface area contributed by atoms with E-state index in [4.69, 9.17) is 18.6 Å². The molecule has 1 aliphatic rings. The van der Waals surface area contributed by atoms with Gasteiger partial charge in [-0.3, -0.25) is 9.69 Å². The number of hydrogen-bond acceptors (Lipinski definition) is 8. The summed E-state index contributed by atoms with van der Waals surface area (Å²) < 4.78 is 27.1. The Morgan fingerprint density at radius 1 is 1.13 bits per heavy atom. The summed E-state index contributed by atoms with van der Waals surface area (Å²) in [5, 5.41) is 0.421. The zero-order valence-corrected chi connectivity index (χ0v) is 17.4. The normalized spacial score (nSPS) is 13.5. The highest BCUT2D eigenvalue weighted by Crippen LogP contribution is 2.32. The summed E-state index contributed by atoms with van der Waals surface area (Å²) in [7, 11) is 2.99. The summed E-state index contributed by atoms with van der Waals surface area (Å²) in [6.07, 6.45) is 2.19. The van der Waals surface area contributed by atoms with Gasteiger partial charge in [-0.15, -0.1) is 0 Å². The standard InChI is InChI=1S/C23H23NO7/c1-27-11-3-10-24-12-18-19(30-14-24)9-8-17-21(25)20(13-29-22(17)18)31-16-6-4-15(5-7-16)23(26)28-2/h4-9,13H,3,10-12,14H2,1-2H3. The molecule has 0 spiro atoms. The molecule has 162 valence electrons. The molecular formula is C23H23NO7. The fourth-order valence-corrected chi connectivity index (χ4v) is 3.49. The van der Waals surface area contributed by atoms with Gasteiger partial charge in [-0.05, 0) is 42.8 Å². The van der Waals surface area contributed by atoms with Crippen molar-refractivity contribution >= 4 is 16.9 Å². The first kappa shape index (κ1) is 20.9. The summed E-state index contributed by atoms with van der Waals surface area (Å²) >= 11 is 0. The molecule has 1 aromatic heterocycles. The average molecular weight is 425 g/mol. The van der Waals surface area contributed by atoms with E-state index in [9.17, 15) is 9.59 Å². The highest BCUT2D eigenvalue weighted by Gasteiger charge is 2.22. The number of carbonyl (C=O) groups excluding carboxylic acids is 1. The third-order valence-electron chi connectivity index (χ3n) is 5.08. The van der Waals surface area contributed by atoms with Crippen LogP contribution in [0.25, 0.3) is 11.0 Å². The van der Waals surface area contributed by atoms with Gasteiger partial charge in [0, 0.05) is 26.8 Å². The highest BCUT2D eigenvalue weighted by atomic mass is 16.5. The number of carbonyl (C=O) groups is 1. The molecule has 4 rings (SSSR count). The van der Waals surface area contributed by atoms with E-state index in [1.807, 2.05) is 0 Å². The fourth-order valence-electron chi connectivity index (χ4n) is 3.49. The van der Waals surface area contributed by atoms with Gasteiger partial charge in [-0.1, -0.05) is 0 Å². The molecule has 0 unspecified atom stereocenters. The summed E-state index contributed by atoms with van der Waals surface area (Å²) in [6, 6.07) is 9.79. The smallest absolute Gasteiger partial charge is 0.337 e. The van der Waals surface area contributed by atoms with Gasteiger partial charge in [-0.25, -0.2) is 4.79 Å². The summed E-state index contributed by atoms with van der Waals surface area (Å²) in [6.45, 7) is 2.59. The number of esters is 1. The molecule has 2 aromatic carbocycles. The Hall–Kier alpha value is -3.36. The van der Waals surface area contributed by atoms with Crippen LogP contribution in [0.4, 0.5) is 0 Å². The largest absolute Gasteiger partial charge is 0.478 e. The molecule has 0 N–H and O–H groups in total. The first-order valence-electron chi connectivity index (χ1n) is 9.88. The SMILES string of the molecule is COCCCN1COc2ccc3c(=O)c(Oc4ccc(C(=O)OC)cc4)coc3c2C1. The molecule has 0 aliphatic carbocycles. The van der Waals surface area contributed by atoms with Crippen LogP contribution in [0, 0.1) is 0 Å². The monoisotopic (exact) mass is 425 g/mol. The molecule has 0 fully saturated rings. The van der Waals surface area contributed by atoms with Crippen LogP contribution in [0.2, 0.25) is 0 Å². The van der Waals surface area contributed by atoms with Crippen LogP contribution in [0.15, 0.2) is 51.9 Å². The second-order valence-corrected chi connectivity index (χ2v) is 7.14. The van der Waals surface area contributed by atoms with Crippen LogP contribution in [0.1, 0.15) is 22.3 Å². The molecule has 31 heavy (non-hydrogen) atoms. The Balaban J connectivity index is 1.59. The summed E-state index contributed by atoms with van der Waals surface area (Å²) in [4.78, 5) is 26.7. The minimum absolute atomic E-state index is 0.0620. The minimum Gasteiger partial charge on any atom is -0.478 e. The van der Waals surface area contributed by atoms with Crippen LogP contribution < -0.4 is 14.9 Å². The Kier molecular flexibility index (Phi) is 6.20. The molecule has 0 saturated heterocycles. The predicted octanol–water partition coefficient (Wildman–Crippen LogP) is 3.56. The van der Waals surface area contributed by atoms with Gasteiger partial charge >= 0.3 is 5.97 Å². The lowest BCUT2D eigenvalue weighted by atomic mass is 10.1. The fraction of sp³-hybridized carbons (Fsp3) is 0.304. The predicted molar refractivity (Wildman–Crippen MR) is 113 cm³/mol. The van der Waals surface area contributed by atoms with Crippen molar-refractivity contribution in [2.75, 3.05) is 34.1 Å². The average Bonchev–Trinajstić information content (AvgIpc) is 2.80. The molecule has 3 aromatic rings. The summed E-state index contributed by atoms with van der Waals surface area (Å²) in [5.41, 5.74) is 1.44. The van der Waals surface area contributed by atoms with Crippen molar-refractivity contribution in [3.8, 4) is 17.2 Å². The number of fused-ring (bicyclic) bond motifs is 3. The van der Waals surface area contributed by atoms with Crippen molar-refractivity contribution in [3.05, 3.63) is 64.0 Å². The number of nitrogens with zero attached hydrogens (tertiary/aromatic N) is 1. The van der Waals surface area contributed by atoms with Crippen LogP contribution in [-0.4, -0.2) is 45.0 Å². The first-order valence-corrected chi connectivity index (χ1v) is 9.88. The van der Waals surface area contributed by atoms with Gasteiger partial charge in [0.1, 0.15) is 30.1 Å². The van der Waals surface area contributed by atoms with Gasteiger partial charge in [0.2, 0.25) is 11.2 Å². The van der Waals surface area contributed by atoms with Crippen molar-refractivity contribution in [2.45, 2.75) is 13.0 Å². The van der Waals surface area contributed by atoms with E-state index in [0.29, 0.717) is 47.9 Å². The van der Waals surface area contributed by atoms with Crippen LogP contribution in [0.5, 0.6) is 17.2 Å². The van der Waals surface area contributed by atoms with Gasteiger partial charge < -0.3 is 23.4 Å². The third-order valence-corrected chi connectivity index (χ3v) is 5.08. The van der Waals surface area contributed by atoms with E-state index >= 15 is 0 Å². The lowest BCUT2D eigenvalue weighted by molar-refractivity contribution is 0.0600. The van der Waals surface area contributed by atoms with E-state index in [1.165, 1.54) is 13.4 Å². The van der Waals surface area contributed by atoms with Crippen molar-refractivity contribution in [1.82, 2.24) is 4.90 Å². The molecule has 1 aliphatic heterocycles. The topological polar surface area (TPSA) is 87.4 Å². The van der Waals surface area contributed by atoms with Gasteiger partial charge in [0.25, 0.3) is 0 Å². The van der Waals surface area contributed by atoms with Crippen molar-refractivity contribution in [3.63, 3.8) is 0 Å². The maximum Gasteiger partial charge on any atom is 0.337 e. The molecule has 0 saturated carbocycles. The van der Waals surface area contributed by atoms with Gasteiger partial charge in [0.15, 0.2) is 0 Å².